The van der Waals surface area contributed by atoms with Gasteiger partial charge in [-0.15, -0.1) is 0 Å². The third-order valence-corrected chi connectivity index (χ3v) is 9.95. The number of hydrogen-bond acceptors (Lipinski definition) is 7. The molecule has 1 aliphatic rings. The van der Waals surface area contributed by atoms with E-state index in [4.69, 9.17) is 13.9 Å². The van der Waals surface area contributed by atoms with Crippen LogP contribution in [0.4, 0.5) is 0 Å². The summed E-state index contributed by atoms with van der Waals surface area (Å²) in [7, 11) is -4.48. The van der Waals surface area contributed by atoms with Gasteiger partial charge in [-0.2, -0.15) is 8.61 Å². The van der Waals surface area contributed by atoms with E-state index in [-0.39, 0.29) is 22.9 Å². The topological polar surface area (TPSA) is 106 Å². The number of methoxy groups -OCH3 is 2. The molecule has 0 amide bonds. The maximum Gasteiger partial charge on any atom is 0.243 e. The minimum Gasteiger partial charge on any atom is -0.493 e. The van der Waals surface area contributed by atoms with E-state index >= 15 is 0 Å². The van der Waals surface area contributed by atoms with Gasteiger partial charge in [-0.3, -0.25) is 0 Å². The van der Waals surface area contributed by atoms with Crippen molar-refractivity contribution in [3.05, 3.63) is 72.2 Å². The van der Waals surface area contributed by atoms with E-state index in [2.05, 4.69) is 0 Å². The molecule has 3 aromatic rings. The van der Waals surface area contributed by atoms with Crippen molar-refractivity contribution in [2.45, 2.75) is 35.6 Å². The van der Waals surface area contributed by atoms with Crippen molar-refractivity contribution in [2.75, 3.05) is 33.9 Å². The Kier molecular flexibility index (Phi) is 8.04. The van der Waals surface area contributed by atoms with Crippen molar-refractivity contribution in [1.29, 1.82) is 0 Å². The Morgan fingerprint density at radius 3 is 2.17 bits per heavy atom. The number of sulfonamides is 2. The summed E-state index contributed by atoms with van der Waals surface area (Å²) in [6.45, 7) is 1.17. The monoisotopic (exact) mass is 534 g/mol. The van der Waals surface area contributed by atoms with E-state index in [9.17, 15) is 16.8 Å². The molecule has 0 bridgehead atoms. The molecule has 1 saturated heterocycles. The number of hydrogen-bond donors (Lipinski definition) is 0. The lowest BCUT2D eigenvalue weighted by Crippen LogP contribution is -2.32. The quantitative estimate of drug-likeness (QED) is 0.371. The standard InChI is InChI=1S/C25H30N2O7S2/c1-32-24-12-7-20(18-25(24)33-2)13-16-27(19-21-6-5-17-34-21)36(30,31)23-10-8-22(9-11-23)35(28,29)26-14-3-4-15-26/h5-12,17-18H,3-4,13-16,19H2,1-2H3. The Hall–Kier alpha value is -2.86. The minimum absolute atomic E-state index is 0.0155. The fourth-order valence-electron chi connectivity index (χ4n) is 4.16. The molecule has 194 valence electrons. The van der Waals surface area contributed by atoms with Crippen LogP contribution in [-0.4, -0.2) is 59.3 Å². The summed E-state index contributed by atoms with van der Waals surface area (Å²) in [5, 5.41) is 0. The second-order valence-electron chi connectivity index (χ2n) is 8.44. The summed E-state index contributed by atoms with van der Waals surface area (Å²) in [6, 6.07) is 14.3. The second kappa shape index (κ2) is 11.0. The van der Waals surface area contributed by atoms with Crippen molar-refractivity contribution in [1.82, 2.24) is 8.61 Å². The highest BCUT2D eigenvalue weighted by Gasteiger charge is 2.29. The van der Waals surface area contributed by atoms with Gasteiger partial charge in [-0.25, -0.2) is 16.8 Å². The van der Waals surface area contributed by atoms with Crippen molar-refractivity contribution >= 4 is 20.0 Å². The summed E-state index contributed by atoms with van der Waals surface area (Å²) >= 11 is 0. The first-order chi connectivity index (χ1) is 17.3. The Bertz CT molecular complexity index is 1360. The Morgan fingerprint density at radius 2 is 1.56 bits per heavy atom. The molecular formula is C25H30N2O7S2. The van der Waals surface area contributed by atoms with E-state index in [1.165, 1.54) is 39.1 Å². The molecule has 36 heavy (non-hydrogen) atoms. The summed E-state index contributed by atoms with van der Waals surface area (Å²) in [4.78, 5) is 0.105. The fraction of sp³-hybridized carbons (Fsp3) is 0.360. The van der Waals surface area contributed by atoms with Gasteiger partial charge in [0.05, 0.1) is 36.8 Å². The van der Waals surface area contributed by atoms with Gasteiger partial charge in [-0.1, -0.05) is 6.07 Å². The lowest BCUT2D eigenvalue weighted by Gasteiger charge is -2.22. The smallest absolute Gasteiger partial charge is 0.243 e. The Morgan fingerprint density at radius 1 is 0.889 bits per heavy atom. The van der Waals surface area contributed by atoms with Crippen LogP contribution in [-0.2, 0) is 33.0 Å². The Labute approximate surface area is 212 Å². The van der Waals surface area contributed by atoms with E-state index in [1.807, 2.05) is 12.1 Å². The molecule has 0 aliphatic carbocycles. The fourth-order valence-corrected chi connectivity index (χ4v) is 7.08. The zero-order valence-electron chi connectivity index (χ0n) is 20.3. The first kappa shape index (κ1) is 26.2. The van der Waals surface area contributed by atoms with Crippen molar-refractivity contribution in [3.63, 3.8) is 0 Å². The predicted molar refractivity (Wildman–Crippen MR) is 134 cm³/mol. The average Bonchev–Trinajstić information content (AvgIpc) is 3.61. The van der Waals surface area contributed by atoms with Crippen LogP contribution in [0, 0.1) is 0 Å². The molecule has 4 rings (SSSR count). The number of rotatable bonds is 11. The van der Waals surface area contributed by atoms with Gasteiger partial charge in [0.1, 0.15) is 5.76 Å². The number of nitrogens with zero attached hydrogens (tertiary/aromatic N) is 2. The maximum atomic E-state index is 13.6. The molecule has 1 aromatic heterocycles. The molecule has 0 spiro atoms. The molecule has 1 fully saturated rings. The molecule has 0 atom stereocenters. The van der Waals surface area contributed by atoms with Crippen LogP contribution in [0.2, 0.25) is 0 Å². The van der Waals surface area contributed by atoms with Crippen LogP contribution in [0.1, 0.15) is 24.2 Å². The maximum absolute atomic E-state index is 13.6. The van der Waals surface area contributed by atoms with Crippen LogP contribution < -0.4 is 9.47 Å². The van der Waals surface area contributed by atoms with Crippen LogP contribution in [0.15, 0.2) is 75.1 Å². The number of furan rings is 1. The van der Waals surface area contributed by atoms with Crippen LogP contribution in [0.25, 0.3) is 0 Å². The summed E-state index contributed by atoms with van der Waals surface area (Å²) in [5.41, 5.74) is 0.874. The van der Waals surface area contributed by atoms with Crippen LogP contribution in [0.5, 0.6) is 11.5 Å². The zero-order valence-corrected chi connectivity index (χ0v) is 21.9. The molecule has 2 heterocycles. The van der Waals surface area contributed by atoms with Crippen molar-refractivity contribution in [3.8, 4) is 11.5 Å². The molecule has 0 radical (unpaired) electrons. The first-order valence-electron chi connectivity index (χ1n) is 11.6. The molecule has 0 N–H and O–H groups in total. The molecule has 9 nitrogen and oxygen atoms in total. The SMILES string of the molecule is COc1ccc(CCN(Cc2ccco2)S(=O)(=O)c2ccc(S(=O)(=O)N3CCCC3)cc2)cc1OC. The van der Waals surface area contributed by atoms with Gasteiger partial charge >= 0.3 is 0 Å². The number of ether oxygens (including phenoxy) is 2. The highest BCUT2D eigenvalue weighted by molar-refractivity contribution is 7.89. The van der Waals surface area contributed by atoms with E-state index in [0.29, 0.717) is 36.8 Å². The highest BCUT2D eigenvalue weighted by Crippen LogP contribution is 2.29. The number of benzene rings is 2. The lowest BCUT2D eigenvalue weighted by atomic mass is 10.1. The molecule has 0 unspecified atom stereocenters. The first-order valence-corrected chi connectivity index (χ1v) is 14.5. The molecule has 11 heteroatoms. The second-order valence-corrected chi connectivity index (χ2v) is 12.3. The zero-order chi connectivity index (χ0) is 25.8. The van der Waals surface area contributed by atoms with Gasteiger partial charge in [0.25, 0.3) is 0 Å². The predicted octanol–water partition coefficient (Wildman–Crippen LogP) is 3.51. The summed E-state index contributed by atoms with van der Waals surface area (Å²) in [5.74, 6) is 1.65. The molecule has 0 saturated carbocycles. The van der Waals surface area contributed by atoms with Crippen molar-refractivity contribution < 1.29 is 30.7 Å². The van der Waals surface area contributed by atoms with Gasteiger partial charge < -0.3 is 13.9 Å². The normalized spacial score (nSPS) is 14.9. The third-order valence-electron chi connectivity index (χ3n) is 6.17. The van der Waals surface area contributed by atoms with Gasteiger partial charge in [-0.05, 0) is 73.4 Å². The molecular weight excluding hydrogens is 504 g/mol. The van der Waals surface area contributed by atoms with Crippen LogP contribution in [0.3, 0.4) is 0 Å². The van der Waals surface area contributed by atoms with Crippen molar-refractivity contribution in [2.24, 2.45) is 0 Å². The lowest BCUT2D eigenvalue weighted by molar-refractivity contribution is 0.353. The van der Waals surface area contributed by atoms with Crippen LogP contribution >= 0.6 is 0 Å². The van der Waals surface area contributed by atoms with Gasteiger partial charge in [0.15, 0.2) is 11.5 Å². The van der Waals surface area contributed by atoms with Gasteiger partial charge in [0, 0.05) is 19.6 Å². The third kappa shape index (κ3) is 5.59. The minimum atomic E-state index is -3.95. The Balaban J connectivity index is 1.58. The van der Waals surface area contributed by atoms with E-state index in [1.54, 1.807) is 32.4 Å². The summed E-state index contributed by atoms with van der Waals surface area (Å²) in [6.07, 6.45) is 3.56. The van der Waals surface area contributed by atoms with E-state index < -0.39 is 20.0 Å². The largest absolute Gasteiger partial charge is 0.493 e. The molecule has 1 aliphatic heterocycles. The average molecular weight is 535 g/mol. The van der Waals surface area contributed by atoms with Gasteiger partial charge in [0.2, 0.25) is 20.0 Å². The summed E-state index contributed by atoms with van der Waals surface area (Å²) < 4.78 is 71.7. The van der Waals surface area contributed by atoms with E-state index in [0.717, 1.165) is 18.4 Å². The molecule has 2 aromatic carbocycles. The highest BCUT2D eigenvalue weighted by atomic mass is 32.2.